The molecule has 34 heavy (non-hydrogen) atoms. The van der Waals surface area contributed by atoms with Crippen LogP contribution in [0.25, 0.3) is 16.5 Å². The zero-order chi connectivity index (χ0) is 23.3. The number of likely N-dealkylation sites (tertiary alicyclic amines) is 1. The molecule has 6 heteroatoms. The van der Waals surface area contributed by atoms with E-state index in [1.54, 1.807) is 11.9 Å². The summed E-state index contributed by atoms with van der Waals surface area (Å²) in [5, 5.41) is 5.59. The van der Waals surface area contributed by atoms with Crippen molar-refractivity contribution in [2.45, 2.75) is 44.4 Å². The van der Waals surface area contributed by atoms with Gasteiger partial charge in [0, 0.05) is 44.0 Å². The molecular weight excluding hydrogens is 440 g/mol. The van der Waals surface area contributed by atoms with Gasteiger partial charge in [-0.25, -0.2) is 0 Å². The molecule has 5 rings (SSSR count). The summed E-state index contributed by atoms with van der Waals surface area (Å²) in [6.07, 6.45) is 11.2. The molecule has 1 aliphatic carbocycles. The second-order valence-electron chi connectivity index (χ2n) is 9.70. The first-order chi connectivity index (χ1) is 16.7. The van der Waals surface area contributed by atoms with Gasteiger partial charge < -0.3 is 4.74 Å². The molecule has 3 unspecified atom stereocenters. The minimum absolute atomic E-state index is 0.324. The summed E-state index contributed by atoms with van der Waals surface area (Å²) in [7, 11) is 2.00. The quantitative estimate of drug-likeness (QED) is 0.448. The van der Waals surface area contributed by atoms with Gasteiger partial charge in [0.25, 0.3) is 0 Å². The Kier molecular flexibility index (Phi) is 7.70. The number of nitrogens with one attached hydrogen (secondary N) is 1. The molecule has 1 saturated heterocycles. The second kappa shape index (κ2) is 11.1. The van der Waals surface area contributed by atoms with Crippen molar-refractivity contribution >= 4 is 28.4 Å². The van der Waals surface area contributed by atoms with Crippen LogP contribution in [-0.2, 0) is 18.3 Å². The molecule has 2 aliphatic rings. The van der Waals surface area contributed by atoms with Gasteiger partial charge in [-0.3, -0.25) is 14.3 Å². The van der Waals surface area contributed by atoms with Gasteiger partial charge in [0.05, 0.1) is 24.4 Å². The zero-order valence-electron chi connectivity index (χ0n) is 20.3. The first-order valence-electron chi connectivity index (χ1n) is 12.5. The molecule has 180 valence electrons. The van der Waals surface area contributed by atoms with Crippen molar-refractivity contribution in [2.24, 2.45) is 13.0 Å². The number of hydrogen-bond acceptors (Lipinski definition) is 5. The third-order valence-corrected chi connectivity index (χ3v) is 7.90. The lowest BCUT2D eigenvalue weighted by Crippen LogP contribution is -2.49. The molecule has 1 aromatic heterocycles. The van der Waals surface area contributed by atoms with E-state index >= 15 is 0 Å². The fraction of sp³-hybridized carbons (Fsp3) is 0.464. The number of hydrogen-bond donors (Lipinski definition) is 1. The normalized spacial score (nSPS) is 23.8. The van der Waals surface area contributed by atoms with Crippen LogP contribution in [0.1, 0.15) is 36.8 Å². The maximum atomic E-state index is 6.52. The Hall–Kier alpha value is -2.12. The molecule has 0 radical (unpaired) electrons. The van der Waals surface area contributed by atoms with Crippen LogP contribution < -0.4 is 4.72 Å². The molecule has 0 amide bonds. The molecule has 0 spiro atoms. The van der Waals surface area contributed by atoms with Gasteiger partial charge in [-0.05, 0) is 60.8 Å². The molecule has 1 fully saturated rings. The first kappa shape index (κ1) is 23.6. The average molecular weight is 477 g/mol. The van der Waals surface area contributed by atoms with Crippen LogP contribution in [0.4, 0.5) is 0 Å². The van der Waals surface area contributed by atoms with Crippen LogP contribution in [-0.4, -0.2) is 52.8 Å². The number of fused-ring (bicyclic) bond motifs is 1. The van der Waals surface area contributed by atoms with Gasteiger partial charge in [0.1, 0.15) is 0 Å². The van der Waals surface area contributed by atoms with Gasteiger partial charge in [-0.2, -0.15) is 5.10 Å². The number of allylic oxidation sites excluding steroid dienone is 1. The smallest absolute Gasteiger partial charge is 0.0679 e. The van der Waals surface area contributed by atoms with Crippen molar-refractivity contribution in [3.63, 3.8) is 0 Å². The van der Waals surface area contributed by atoms with E-state index in [4.69, 9.17) is 4.74 Å². The SMILES string of the molecule is CSNC1CCN(Cc2ccccc2)CC1COC1CC=C(c2ccc3c(cnn3C)c2)CC1. The lowest BCUT2D eigenvalue weighted by Gasteiger charge is -2.39. The summed E-state index contributed by atoms with van der Waals surface area (Å²) in [5.41, 5.74) is 5.35. The Balaban J connectivity index is 1.17. The Morgan fingerprint density at radius 2 is 2.03 bits per heavy atom. The average Bonchev–Trinajstić information content (AvgIpc) is 3.25. The molecule has 1 aliphatic heterocycles. The standard InChI is InChI=1S/C28H36N4OS/c1-31-28-13-10-23(16-24(28)17-29-31)22-8-11-26(12-9-22)33-20-25-19-32(15-14-27(25)30-34-2)18-21-6-4-3-5-7-21/h3-8,10,13,16-17,25-27,30H,9,11-12,14-15,18-20H2,1-2H3. The van der Waals surface area contributed by atoms with Crippen LogP contribution in [0.3, 0.4) is 0 Å². The largest absolute Gasteiger partial charge is 0.377 e. The number of piperidine rings is 1. The second-order valence-corrected chi connectivity index (χ2v) is 10.3. The predicted molar refractivity (Wildman–Crippen MR) is 143 cm³/mol. The topological polar surface area (TPSA) is 42.3 Å². The molecule has 5 nitrogen and oxygen atoms in total. The highest BCUT2D eigenvalue weighted by molar-refractivity contribution is 7.96. The van der Waals surface area contributed by atoms with E-state index in [1.807, 2.05) is 17.9 Å². The monoisotopic (exact) mass is 476 g/mol. The minimum Gasteiger partial charge on any atom is -0.377 e. The zero-order valence-corrected chi connectivity index (χ0v) is 21.1. The highest BCUT2D eigenvalue weighted by Gasteiger charge is 2.30. The van der Waals surface area contributed by atoms with E-state index in [1.165, 1.54) is 34.0 Å². The van der Waals surface area contributed by atoms with Crippen molar-refractivity contribution in [2.75, 3.05) is 26.0 Å². The van der Waals surface area contributed by atoms with Crippen molar-refractivity contribution in [1.82, 2.24) is 19.4 Å². The lowest BCUT2D eigenvalue weighted by molar-refractivity contribution is -0.00308. The summed E-state index contributed by atoms with van der Waals surface area (Å²) in [6.45, 7) is 4.09. The molecule has 3 atom stereocenters. The molecule has 0 bridgehead atoms. The van der Waals surface area contributed by atoms with E-state index in [9.17, 15) is 0 Å². The highest BCUT2D eigenvalue weighted by Crippen LogP contribution is 2.31. The predicted octanol–water partition coefficient (Wildman–Crippen LogP) is 5.28. The Bertz CT molecular complexity index is 1110. The van der Waals surface area contributed by atoms with Crippen molar-refractivity contribution < 1.29 is 4.74 Å². The number of nitrogens with zero attached hydrogens (tertiary/aromatic N) is 3. The van der Waals surface area contributed by atoms with Gasteiger partial charge in [0.2, 0.25) is 0 Å². The maximum Gasteiger partial charge on any atom is 0.0679 e. The van der Waals surface area contributed by atoms with E-state index in [-0.39, 0.29) is 0 Å². The molecule has 2 heterocycles. The summed E-state index contributed by atoms with van der Waals surface area (Å²) < 4.78 is 12.1. The number of aromatic nitrogens is 2. The van der Waals surface area contributed by atoms with Crippen molar-refractivity contribution in [3.8, 4) is 0 Å². The molecule has 2 aromatic carbocycles. The van der Waals surface area contributed by atoms with E-state index in [2.05, 4.69) is 75.6 Å². The Morgan fingerprint density at radius 1 is 1.15 bits per heavy atom. The number of rotatable bonds is 8. The summed E-state index contributed by atoms with van der Waals surface area (Å²) >= 11 is 1.74. The van der Waals surface area contributed by atoms with Crippen LogP contribution in [0, 0.1) is 5.92 Å². The summed E-state index contributed by atoms with van der Waals surface area (Å²) in [4.78, 5) is 2.59. The number of aryl methyl sites for hydroxylation is 1. The van der Waals surface area contributed by atoms with E-state index in [0.29, 0.717) is 18.1 Å². The van der Waals surface area contributed by atoms with Crippen LogP contribution in [0.5, 0.6) is 0 Å². The lowest BCUT2D eigenvalue weighted by atomic mass is 9.90. The van der Waals surface area contributed by atoms with Gasteiger partial charge in [-0.15, -0.1) is 0 Å². The molecule has 3 aromatic rings. The Labute approximate surface area is 207 Å². The number of ether oxygens (including phenoxy) is 1. The van der Waals surface area contributed by atoms with E-state index < -0.39 is 0 Å². The molecular formula is C28H36N4OS. The Morgan fingerprint density at radius 3 is 2.82 bits per heavy atom. The van der Waals surface area contributed by atoms with Crippen LogP contribution >= 0.6 is 11.9 Å². The van der Waals surface area contributed by atoms with Gasteiger partial charge in [-0.1, -0.05) is 54.4 Å². The minimum atomic E-state index is 0.324. The molecule has 1 N–H and O–H groups in total. The first-order valence-corrected chi connectivity index (χ1v) is 13.7. The molecule has 0 saturated carbocycles. The van der Waals surface area contributed by atoms with Crippen molar-refractivity contribution in [1.29, 1.82) is 0 Å². The van der Waals surface area contributed by atoms with Gasteiger partial charge >= 0.3 is 0 Å². The fourth-order valence-electron chi connectivity index (χ4n) is 5.41. The van der Waals surface area contributed by atoms with E-state index in [0.717, 1.165) is 45.5 Å². The maximum absolute atomic E-state index is 6.52. The van der Waals surface area contributed by atoms with Crippen LogP contribution in [0.15, 0.2) is 60.8 Å². The third kappa shape index (κ3) is 5.57. The van der Waals surface area contributed by atoms with Crippen molar-refractivity contribution in [3.05, 3.63) is 71.9 Å². The summed E-state index contributed by atoms with van der Waals surface area (Å²) in [6, 6.07) is 18.0. The van der Waals surface area contributed by atoms with Gasteiger partial charge in [0.15, 0.2) is 0 Å². The van der Waals surface area contributed by atoms with Crippen LogP contribution in [0.2, 0.25) is 0 Å². The summed E-state index contributed by atoms with van der Waals surface area (Å²) in [5.74, 6) is 0.517. The third-order valence-electron chi connectivity index (χ3n) is 7.36. The highest BCUT2D eigenvalue weighted by atomic mass is 32.2. The number of benzene rings is 2. The fourth-order valence-corrected chi connectivity index (χ4v) is 6.03.